The van der Waals surface area contributed by atoms with Crippen LogP contribution in [0.4, 0.5) is 15.0 Å². The summed E-state index contributed by atoms with van der Waals surface area (Å²) in [7, 11) is 1.40. The molecule has 2 rings (SSSR count). The summed E-state index contributed by atoms with van der Waals surface area (Å²) in [6, 6.07) is 6.62. The van der Waals surface area contributed by atoms with Crippen molar-refractivity contribution < 1.29 is 19.0 Å². The van der Waals surface area contributed by atoms with Crippen molar-refractivity contribution >= 4 is 11.9 Å². The molecule has 2 aromatic rings. The predicted octanol–water partition coefficient (Wildman–Crippen LogP) is 3.87. The zero-order chi connectivity index (χ0) is 20.9. The van der Waals surface area contributed by atoms with E-state index in [2.05, 4.69) is 23.8 Å². The first-order chi connectivity index (χ1) is 13.1. The van der Waals surface area contributed by atoms with Crippen LogP contribution in [0, 0.1) is 5.92 Å². The van der Waals surface area contributed by atoms with Gasteiger partial charge in [-0.2, -0.15) is 0 Å². The maximum atomic E-state index is 13.6. The molecule has 1 atom stereocenters. The minimum atomic E-state index is -1.13. The monoisotopic (exact) mass is 390 g/mol. The minimum Gasteiger partial charge on any atom is -0.490 e. The number of hydrogen-bond acceptors (Lipinski definition) is 5. The molecule has 0 radical (unpaired) electrons. The lowest BCUT2D eigenvalue weighted by molar-refractivity contribution is 0.203. The Hall–Kier alpha value is -2.74. The van der Waals surface area contributed by atoms with Gasteiger partial charge in [0.25, 0.3) is 0 Å². The number of hydrogen-bond donors (Lipinski definition) is 2. The molecule has 0 aliphatic carbocycles. The van der Waals surface area contributed by atoms with Crippen molar-refractivity contribution in [3.05, 3.63) is 36.2 Å². The summed E-state index contributed by atoms with van der Waals surface area (Å²) < 4.78 is 19.3. The number of halogens is 1. The van der Waals surface area contributed by atoms with Crippen molar-refractivity contribution in [2.75, 3.05) is 18.6 Å². The van der Waals surface area contributed by atoms with E-state index in [4.69, 9.17) is 15.6 Å². The number of ether oxygens (including phenoxy) is 1. The van der Waals surface area contributed by atoms with E-state index in [1.807, 2.05) is 6.92 Å². The van der Waals surface area contributed by atoms with Gasteiger partial charge in [0, 0.05) is 24.3 Å². The molecule has 0 unspecified atom stereocenters. The van der Waals surface area contributed by atoms with Crippen LogP contribution in [0.15, 0.2) is 30.5 Å². The number of nitrogens with zero attached hydrogens (tertiary/aromatic N) is 3. The van der Waals surface area contributed by atoms with E-state index in [1.54, 1.807) is 24.3 Å². The molecule has 0 saturated heterocycles. The lowest BCUT2D eigenvalue weighted by Gasteiger charge is -2.27. The number of carbonyl (C=O) groups is 1. The Balaban J connectivity index is 2.24. The van der Waals surface area contributed by atoms with Gasteiger partial charge in [0.1, 0.15) is 30.5 Å². The Morgan fingerprint density at radius 2 is 2.11 bits per heavy atom. The van der Waals surface area contributed by atoms with E-state index in [9.17, 15) is 9.18 Å². The number of aromatic nitrogens is 2. The quantitative estimate of drug-likeness (QED) is 0.709. The number of nitrogens with two attached hydrogens (primary N) is 1. The van der Waals surface area contributed by atoms with Crippen LogP contribution in [-0.4, -0.2) is 40.4 Å². The number of carboxylic acid groups (broad SMARTS) is 1. The molecule has 3 N–H and O–H groups in total. The maximum absolute atomic E-state index is 13.6. The van der Waals surface area contributed by atoms with Crippen LogP contribution >= 0.6 is 0 Å². The maximum Gasteiger partial charge on any atom is 0.412 e. The van der Waals surface area contributed by atoms with Gasteiger partial charge in [0.2, 0.25) is 0 Å². The normalized spacial score (nSPS) is 13.2. The van der Waals surface area contributed by atoms with Crippen LogP contribution in [0.3, 0.4) is 0 Å². The fourth-order valence-electron chi connectivity index (χ4n) is 2.97. The molecule has 1 amide bonds. The Labute approximate surface area is 164 Å². The lowest BCUT2D eigenvalue weighted by atomic mass is 9.93. The Bertz CT molecular complexity index is 827. The van der Waals surface area contributed by atoms with Gasteiger partial charge in [-0.1, -0.05) is 13.8 Å². The summed E-state index contributed by atoms with van der Waals surface area (Å²) in [6.07, 6.45) is 1.13. The number of alkyl halides is 1. The smallest absolute Gasteiger partial charge is 0.412 e. The molecule has 0 saturated carbocycles. The van der Waals surface area contributed by atoms with Crippen molar-refractivity contribution in [1.29, 1.82) is 0 Å². The van der Waals surface area contributed by atoms with E-state index in [-0.39, 0.29) is 18.1 Å². The molecule has 28 heavy (non-hydrogen) atoms. The first kappa shape index (κ1) is 21.6. The van der Waals surface area contributed by atoms with Gasteiger partial charge in [-0.05, 0) is 43.5 Å². The first-order valence-electron chi connectivity index (χ1n) is 9.03. The topological polar surface area (TPSA) is 102 Å². The molecule has 0 spiro atoms. The molecule has 0 aromatic carbocycles. The molecule has 0 aliphatic heterocycles. The van der Waals surface area contributed by atoms with Gasteiger partial charge >= 0.3 is 6.09 Å². The lowest BCUT2D eigenvalue weighted by Crippen LogP contribution is -2.43. The highest BCUT2D eigenvalue weighted by atomic mass is 19.1. The molecular weight excluding hydrogens is 363 g/mol. The molecule has 2 aromatic heterocycles. The Morgan fingerprint density at radius 1 is 1.39 bits per heavy atom. The zero-order valence-corrected chi connectivity index (χ0v) is 16.6. The number of anilines is 1. The third-order valence-corrected chi connectivity index (χ3v) is 4.16. The van der Waals surface area contributed by atoms with Crippen LogP contribution in [0.5, 0.6) is 5.75 Å². The Kier molecular flexibility index (Phi) is 6.90. The highest BCUT2D eigenvalue weighted by Gasteiger charge is 2.22. The fourth-order valence-corrected chi connectivity index (χ4v) is 2.97. The van der Waals surface area contributed by atoms with E-state index < -0.39 is 18.3 Å². The van der Waals surface area contributed by atoms with Crippen molar-refractivity contribution in [2.24, 2.45) is 11.7 Å². The minimum absolute atomic E-state index is 0.169. The summed E-state index contributed by atoms with van der Waals surface area (Å²) in [4.78, 5) is 20.5. The molecule has 0 fully saturated rings. The summed E-state index contributed by atoms with van der Waals surface area (Å²) in [5.41, 5.74) is 7.02. The van der Waals surface area contributed by atoms with E-state index in [0.29, 0.717) is 22.9 Å². The first-order valence-corrected chi connectivity index (χ1v) is 9.03. The second-order valence-corrected chi connectivity index (χ2v) is 7.56. The SMILES string of the molecule is CC(C)C[C@](C)(N)COc1ccc(-c2ccnc(N(C)C(=O)O)c2)nc1CF. The summed E-state index contributed by atoms with van der Waals surface area (Å²) in [6.45, 7) is 5.53. The number of pyridine rings is 2. The summed E-state index contributed by atoms with van der Waals surface area (Å²) in [5.74, 6) is 1.02. The van der Waals surface area contributed by atoms with Crippen LogP contribution < -0.4 is 15.4 Å². The predicted molar refractivity (Wildman–Crippen MR) is 106 cm³/mol. The average molecular weight is 390 g/mol. The van der Waals surface area contributed by atoms with Gasteiger partial charge in [-0.3, -0.25) is 4.90 Å². The molecule has 0 bridgehead atoms. The summed E-state index contributed by atoms with van der Waals surface area (Å²) in [5, 5.41) is 9.09. The second-order valence-electron chi connectivity index (χ2n) is 7.56. The van der Waals surface area contributed by atoms with Crippen LogP contribution in [0.1, 0.15) is 32.9 Å². The number of rotatable bonds is 8. The highest BCUT2D eigenvalue weighted by Crippen LogP contribution is 2.27. The molecule has 0 aliphatic rings. The van der Waals surface area contributed by atoms with Crippen molar-refractivity contribution in [1.82, 2.24) is 9.97 Å². The number of amides is 1. The van der Waals surface area contributed by atoms with Crippen LogP contribution in [0.2, 0.25) is 0 Å². The molecule has 2 heterocycles. The largest absolute Gasteiger partial charge is 0.490 e. The molecule has 152 valence electrons. The third-order valence-electron chi connectivity index (χ3n) is 4.16. The third kappa shape index (κ3) is 5.63. The van der Waals surface area contributed by atoms with Crippen molar-refractivity contribution in [3.8, 4) is 17.0 Å². The van der Waals surface area contributed by atoms with Crippen LogP contribution in [0.25, 0.3) is 11.3 Å². The van der Waals surface area contributed by atoms with E-state index >= 15 is 0 Å². The molecule has 8 heteroatoms. The van der Waals surface area contributed by atoms with Crippen molar-refractivity contribution in [2.45, 2.75) is 39.4 Å². The van der Waals surface area contributed by atoms with Gasteiger partial charge in [-0.25, -0.2) is 19.2 Å². The standard InChI is InChI=1S/C20H27FN4O3/c1-13(2)10-20(3,22)12-28-17-6-5-15(24-16(17)11-21)14-7-8-23-18(9-14)25(4)19(26)27/h5-9,13H,10-12,22H2,1-4H3,(H,26,27)/t20-/m0/s1. The van der Waals surface area contributed by atoms with Crippen LogP contribution in [-0.2, 0) is 6.67 Å². The second kappa shape index (κ2) is 8.97. The van der Waals surface area contributed by atoms with Crippen molar-refractivity contribution in [3.63, 3.8) is 0 Å². The van der Waals surface area contributed by atoms with E-state index in [1.165, 1.54) is 13.2 Å². The van der Waals surface area contributed by atoms with Gasteiger partial charge in [-0.15, -0.1) is 0 Å². The fraction of sp³-hybridized carbons (Fsp3) is 0.450. The molecular formula is C20H27FN4O3. The highest BCUT2D eigenvalue weighted by molar-refractivity contribution is 5.84. The van der Waals surface area contributed by atoms with Gasteiger partial charge in [0.15, 0.2) is 0 Å². The summed E-state index contributed by atoms with van der Waals surface area (Å²) >= 11 is 0. The van der Waals surface area contributed by atoms with Gasteiger partial charge in [0.05, 0.1) is 5.69 Å². The van der Waals surface area contributed by atoms with Gasteiger partial charge < -0.3 is 15.6 Å². The molecule has 7 nitrogen and oxygen atoms in total. The average Bonchev–Trinajstić information content (AvgIpc) is 2.64. The Morgan fingerprint density at radius 3 is 2.71 bits per heavy atom. The zero-order valence-electron chi connectivity index (χ0n) is 16.6. The van der Waals surface area contributed by atoms with E-state index in [0.717, 1.165) is 11.3 Å².